The number of hydrogen-bond donors (Lipinski definition) is 1. The Morgan fingerprint density at radius 3 is 2.72 bits per heavy atom. The molecule has 2 unspecified atom stereocenters. The number of nitrogens with one attached hydrogen (secondary N) is 1. The van der Waals surface area contributed by atoms with E-state index in [1.54, 1.807) is 17.2 Å². The minimum Gasteiger partial charge on any atom is -0.496 e. The standard InChI is InChI=1S/C16H17F3N2O3S/c1-24-14-10(2-3-12-11(14)4-5-20-12)6-21-7-13-15(8-21,16(17,18)19)9-25(13,22)23/h2-5,13,20H,6-9H2,1H3. The van der Waals surface area contributed by atoms with Gasteiger partial charge in [0.15, 0.2) is 9.84 Å². The number of rotatable bonds is 3. The van der Waals surface area contributed by atoms with Crippen LogP contribution in [0.15, 0.2) is 24.4 Å². The van der Waals surface area contributed by atoms with E-state index in [2.05, 4.69) is 4.98 Å². The van der Waals surface area contributed by atoms with Gasteiger partial charge in [-0.05, 0) is 12.1 Å². The molecule has 0 spiro atoms. The van der Waals surface area contributed by atoms with E-state index in [9.17, 15) is 21.6 Å². The van der Waals surface area contributed by atoms with Gasteiger partial charge < -0.3 is 9.72 Å². The molecule has 1 aromatic heterocycles. The summed E-state index contributed by atoms with van der Waals surface area (Å²) in [6, 6.07) is 5.48. The third-order valence-electron chi connectivity index (χ3n) is 5.37. The fourth-order valence-corrected chi connectivity index (χ4v) is 6.66. The molecule has 0 bridgehead atoms. The summed E-state index contributed by atoms with van der Waals surface area (Å²) >= 11 is 0. The number of fused-ring (bicyclic) bond motifs is 2. The van der Waals surface area contributed by atoms with Crippen molar-refractivity contribution < 1.29 is 26.3 Å². The Morgan fingerprint density at radius 1 is 1.36 bits per heavy atom. The Morgan fingerprint density at radius 2 is 2.12 bits per heavy atom. The summed E-state index contributed by atoms with van der Waals surface area (Å²) in [5, 5.41) is -0.512. The summed E-state index contributed by atoms with van der Waals surface area (Å²) in [5.41, 5.74) is -0.515. The van der Waals surface area contributed by atoms with Gasteiger partial charge in [0.05, 0.1) is 18.1 Å². The van der Waals surface area contributed by atoms with Gasteiger partial charge in [-0.3, -0.25) is 4.90 Å². The van der Waals surface area contributed by atoms with Crippen molar-refractivity contribution in [3.05, 3.63) is 30.0 Å². The average molecular weight is 374 g/mol. The van der Waals surface area contributed by atoms with Crippen LogP contribution in [0, 0.1) is 5.41 Å². The van der Waals surface area contributed by atoms with Crippen LogP contribution in [0.2, 0.25) is 0 Å². The molecular formula is C16H17F3N2O3S. The van der Waals surface area contributed by atoms with Crippen LogP contribution in [0.25, 0.3) is 10.9 Å². The van der Waals surface area contributed by atoms with E-state index in [0.717, 1.165) is 16.5 Å². The van der Waals surface area contributed by atoms with Crippen molar-refractivity contribution in [1.29, 1.82) is 0 Å². The van der Waals surface area contributed by atoms with Crippen molar-refractivity contribution in [1.82, 2.24) is 9.88 Å². The largest absolute Gasteiger partial charge is 0.496 e. The van der Waals surface area contributed by atoms with Crippen molar-refractivity contribution in [2.75, 3.05) is 26.0 Å². The van der Waals surface area contributed by atoms with Gasteiger partial charge in [0, 0.05) is 42.3 Å². The topological polar surface area (TPSA) is 62.4 Å². The predicted molar refractivity (Wildman–Crippen MR) is 86.2 cm³/mol. The molecule has 2 aliphatic heterocycles. The molecule has 3 heterocycles. The third-order valence-corrected chi connectivity index (χ3v) is 7.75. The van der Waals surface area contributed by atoms with Crippen molar-refractivity contribution in [3.8, 4) is 5.75 Å². The first-order valence-corrected chi connectivity index (χ1v) is 9.53. The van der Waals surface area contributed by atoms with Gasteiger partial charge in [-0.25, -0.2) is 8.42 Å². The van der Waals surface area contributed by atoms with Crippen LogP contribution in [0.1, 0.15) is 5.56 Å². The van der Waals surface area contributed by atoms with E-state index in [4.69, 9.17) is 4.74 Å². The number of sulfone groups is 1. The number of hydrogen-bond acceptors (Lipinski definition) is 4. The molecule has 5 nitrogen and oxygen atoms in total. The summed E-state index contributed by atoms with van der Waals surface area (Å²) < 4.78 is 69.6. The molecule has 0 saturated carbocycles. The summed E-state index contributed by atoms with van der Waals surface area (Å²) in [5.74, 6) is -0.208. The second-order valence-electron chi connectivity index (χ2n) is 6.82. The SMILES string of the molecule is COc1c(CN2CC3C(C(F)(F)F)(C2)CS3(=O)=O)ccc2[nH]ccc12. The molecular weight excluding hydrogens is 357 g/mol. The lowest BCUT2D eigenvalue weighted by Crippen LogP contribution is -2.64. The lowest BCUT2D eigenvalue weighted by molar-refractivity contribution is -0.215. The molecule has 2 atom stereocenters. The number of H-pyrrole nitrogens is 1. The summed E-state index contributed by atoms with van der Waals surface area (Å²) in [6.45, 7) is -0.182. The zero-order chi connectivity index (χ0) is 18.0. The fraction of sp³-hybridized carbons (Fsp3) is 0.500. The Kier molecular flexibility index (Phi) is 3.43. The van der Waals surface area contributed by atoms with E-state index in [0.29, 0.717) is 5.75 Å². The van der Waals surface area contributed by atoms with Gasteiger partial charge >= 0.3 is 6.18 Å². The molecule has 25 heavy (non-hydrogen) atoms. The first-order valence-electron chi connectivity index (χ1n) is 7.81. The molecule has 2 saturated heterocycles. The second kappa shape index (κ2) is 5.14. The van der Waals surface area contributed by atoms with Crippen LogP contribution in [-0.4, -0.2) is 55.7 Å². The first kappa shape index (κ1) is 16.7. The van der Waals surface area contributed by atoms with Crippen molar-refractivity contribution in [2.24, 2.45) is 5.41 Å². The van der Waals surface area contributed by atoms with E-state index < -0.39 is 32.4 Å². The van der Waals surface area contributed by atoms with Gasteiger partial charge in [-0.1, -0.05) is 6.07 Å². The molecule has 136 valence electrons. The number of aromatic nitrogens is 1. The molecule has 0 aliphatic carbocycles. The van der Waals surface area contributed by atoms with Gasteiger partial charge in [-0.15, -0.1) is 0 Å². The highest BCUT2D eigenvalue weighted by Crippen LogP contribution is 2.56. The molecule has 0 amide bonds. The Bertz CT molecular complexity index is 938. The highest BCUT2D eigenvalue weighted by Gasteiger charge is 2.74. The lowest BCUT2D eigenvalue weighted by Gasteiger charge is -2.44. The second-order valence-corrected chi connectivity index (χ2v) is 9.00. The fourth-order valence-electron chi connectivity index (χ4n) is 4.16. The molecule has 1 N–H and O–H groups in total. The molecule has 9 heteroatoms. The molecule has 4 rings (SSSR count). The number of alkyl halides is 3. The highest BCUT2D eigenvalue weighted by atomic mass is 32.2. The highest BCUT2D eigenvalue weighted by molar-refractivity contribution is 7.93. The number of aromatic amines is 1. The maximum absolute atomic E-state index is 13.5. The van der Waals surface area contributed by atoms with Crippen LogP contribution in [0.3, 0.4) is 0 Å². The van der Waals surface area contributed by atoms with E-state index in [1.165, 1.54) is 7.11 Å². The maximum atomic E-state index is 13.5. The van der Waals surface area contributed by atoms with Crippen LogP contribution in [0.5, 0.6) is 5.75 Å². The first-order chi connectivity index (χ1) is 11.7. The molecule has 1 aromatic carbocycles. The predicted octanol–water partition coefficient (Wildman–Crippen LogP) is 2.34. The van der Waals surface area contributed by atoms with Crippen LogP contribution in [0.4, 0.5) is 13.2 Å². The molecule has 2 aromatic rings. The molecule has 2 fully saturated rings. The van der Waals surface area contributed by atoms with E-state index in [1.807, 2.05) is 12.1 Å². The zero-order valence-electron chi connectivity index (χ0n) is 13.4. The number of ether oxygens (including phenoxy) is 1. The number of benzene rings is 1. The molecule has 2 aliphatic rings. The van der Waals surface area contributed by atoms with Crippen LogP contribution in [-0.2, 0) is 16.4 Å². The van der Waals surface area contributed by atoms with Crippen molar-refractivity contribution in [2.45, 2.75) is 18.0 Å². The normalized spacial score (nSPS) is 28.7. The van der Waals surface area contributed by atoms with Crippen LogP contribution >= 0.6 is 0 Å². The monoisotopic (exact) mass is 374 g/mol. The minimum atomic E-state index is -4.52. The average Bonchev–Trinajstić information content (AvgIpc) is 3.10. The Balaban J connectivity index is 1.65. The Hall–Kier alpha value is -1.74. The van der Waals surface area contributed by atoms with Gasteiger partial charge in [0.1, 0.15) is 11.2 Å². The van der Waals surface area contributed by atoms with Gasteiger partial charge in [-0.2, -0.15) is 13.2 Å². The van der Waals surface area contributed by atoms with E-state index in [-0.39, 0.29) is 19.6 Å². The zero-order valence-corrected chi connectivity index (χ0v) is 14.2. The quantitative estimate of drug-likeness (QED) is 0.896. The summed E-state index contributed by atoms with van der Waals surface area (Å²) in [7, 11) is -2.15. The Labute approximate surface area is 142 Å². The number of halogens is 3. The molecule has 0 radical (unpaired) electrons. The number of methoxy groups -OCH3 is 1. The van der Waals surface area contributed by atoms with Crippen molar-refractivity contribution in [3.63, 3.8) is 0 Å². The summed E-state index contributed by atoms with van der Waals surface area (Å²) in [6.07, 6.45) is -2.76. The number of likely N-dealkylation sites (tertiary alicyclic amines) is 1. The lowest BCUT2D eigenvalue weighted by atomic mass is 9.87. The van der Waals surface area contributed by atoms with Gasteiger partial charge in [0.25, 0.3) is 0 Å². The van der Waals surface area contributed by atoms with E-state index >= 15 is 0 Å². The smallest absolute Gasteiger partial charge is 0.398 e. The van der Waals surface area contributed by atoms with Crippen LogP contribution < -0.4 is 4.74 Å². The van der Waals surface area contributed by atoms with Gasteiger partial charge in [0.2, 0.25) is 0 Å². The summed E-state index contributed by atoms with van der Waals surface area (Å²) in [4.78, 5) is 4.62. The minimum absolute atomic E-state index is 0.101. The maximum Gasteiger partial charge on any atom is 0.398 e. The van der Waals surface area contributed by atoms with Crippen molar-refractivity contribution >= 4 is 20.7 Å². The number of nitrogens with zero attached hydrogens (tertiary/aromatic N) is 1. The third kappa shape index (κ3) is 2.28.